The minimum absolute atomic E-state index is 0.180. The van der Waals surface area contributed by atoms with Crippen molar-refractivity contribution in [1.82, 2.24) is 14.7 Å². The Balaban J connectivity index is 1.64. The molecule has 0 aromatic carbocycles. The van der Waals surface area contributed by atoms with Gasteiger partial charge in [0.05, 0.1) is 25.9 Å². The Bertz CT molecular complexity index is 829. The molecule has 26 heavy (non-hydrogen) atoms. The van der Waals surface area contributed by atoms with E-state index in [4.69, 9.17) is 9.47 Å². The number of hydrogen-bond donors (Lipinski definition) is 0. The summed E-state index contributed by atoms with van der Waals surface area (Å²) in [7, 11) is 1.31. The van der Waals surface area contributed by atoms with Crippen LogP contribution < -0.4 is 0 Å². The van der Waals surface area contributed by atoms with E-state index in [1.54, 1.807) is 15.6 Å². The van der Waals surface area contributed by atoms with Crippen molar-refractivity contribution >= 4 is 17.8 Å². The van der Waals surface area contributed by atoms with Crippen LogP contribution in [-0.2, 0) is 32.2 Å². The van der Waals surface area contributed by atoms with Crippen LogP contribution in [0.2, 0.25) is 0 Å². The van der Waals surface area contributed by atoms with Gasteiger partial charge in [0.15, 0.2) is 11.1 Å². The van der Waals surface area contributed by atoms with E-state index in [0.717, 1.165) is 5.69 Å². The molecule has 2 atom stereocenters. The first-order chi connectivity index (χ1) is 12.2. The van der Waals surface area contributed by atoms with Crippen LogP contribution in [0.5, 0.6) is 0 Å². The fourth-order valence-corrected chi connectivity index (χ4v) is 4.71. The summed E-state index contributed by atoms with van der Waals surface area (Å²) in [6.07, 6.45) is 1.20. The number of ether oxygens (including phenoxy) is 2. The van der Waals surface area contributed by atoms with Crippen molar-refractivity contribution in [3.63, 3.8) is 0 Å². The maximum absolute atomic E-state index is 13.5. The van der Waals surface area contributed by atoms with E-state index in [2.05, 4.69) is 5.10 Å². The number of rotatable bonds is 2. The molecule has 1 aliphatic carbocycles. The van der Waals surface area contributed by atoms with Crippen molar-refractivity contribution in [3.05, 3.63) is 17.5 Å². The summed E-state index contributed by atoms with van der Waals surface area (Å²) in [6.45, 7) is 7.04. The molecule has 2 aliphatic heterocycles. The lowest BCUT2D eigenvalue weighted by molar-refractivity contribution is -0.166. The Morgan fingerprint density at radius 3 is 2.54 bits per heavy atom. The molecule has 1 saturated heterocycles. The van der Waals surface area contributed by atoms with Crippen LogP contribution in [0.1, 0.15) is 49.8 Å². The zero-order chi connectivity index (χ0) is 18.9. The first-order valence-electron chi connectivity index (χ1n) is 8.84. The molecule has 0 unspecified atom stereocenters. The Labute approximate surface area is 151 Å². The Kier molecular flexibility index (Phi) is 3.33. The second-order valence-corrected chi connectivity index (χ2v) is 8.11. The number of carbonyl (C=O) groups excluding carboxylic acids is 3. The predicted molar refractivity (Wildman–Crippen MR) is 88.9 cm³/mol. The predicted octanol–water partition coefficient (Wildman–Crippen LogP) is 1.13. The van der Waals surface area contributed by atoms with Gasteiger partial charge in [0.1, 0.15) is 5.60 Å². The maximum Gasteiger partial charge on any atom is 0.358 e. The fraction of sp³-hybridized carbons (Fsp3) is 0.667. The molecule has 2 fully saturated rings. The zero-order valence-electron chi connectivity index (χ0n) is 15.5. The van der Waals surface area contributed by atoms with Gasteiger partial charge in [0.2, 0.25) is 5.91 Å². The molecule has 0 spiro atoms. The largest absolute Gasteiger partial charge is 0.464 e. The SMILES string of the molecule is COC(=O)c1cc2n(n1)CCN(C(=O)[C@@]13CC[C@@](C)(OC1=O)C3(C)C)C2. The van der Waals surface area contributed by atoms with E-state index in [1.165, 1.54) is 7.11 Å². The topological polar surface area (TPSA) is 90.7 Å². The molecule has 3 aliphatic rings. The number of carbonyl (C=O) groups is 3. The van der Waals surface area contributed by atoms with E-state index in [0.29, 0.717) is 32.5 Å². The number of amides is 1. The van der Waals surface area contributed by atoms with Crippen LogP contribution in [0.3, 0.4) is 0 Å². The second-order valence-electron chi connectivity index (χ2n) is 8.11. The Morgan fingerprint density at radius 2 is 1.96 bits per heavy atom. The van der Waals surface area contributed by atoms with Crippen molar-refractivity contribution in [1.29, 1.82) is 0 Å². The third-order valence-electron chi connectivity index (χ3n) is 6.88. The summed E-state index contributed by atoms with van der Waals surface area (Å²) in [5.74, 6) is -1.09. The second kappa shape index (κ2) is 5.08. The summed E-state index contributed by atoms with van der Waals surface area (Å²) in [5.41, 5.74) is -1.32. The van der Waals surface area contributed by atoms with Gasteiger partial charge in [-0.1, -0.05) is 13.8 Å². The van der Waals surface area contributed by atoms with E-state index in [-0.39, 0.29) is 11.6 Å². The lowest BCUT2D eigenvalue weighted by Crippen LogP contribution is -2.53. The van der Waals surface area contributed by atoms with Crippen molar-refractivity contribution in [2.24, 2.45) is 10.8 Å². The third-order valence-corrected chi connectivity index (χ3v) is 6.88. The summed E-state index contributed by atoms with van der Waals surface area (Å²) >= 11 is 0. The van der Waals surface area contributed by atoms with E-state index < -0.39 is 28.4 Å². The van der Waals surface area contributed by atoms with Crippen molar-refractivity contribution in [2.45, 2.75) is 52.3 Å². The highest BCUT2D eigenvalue weighted by atomic mass is 16.6. The highest BCUT2D eigenvalue weighted by Gasteiger charge is 2.76. The molecule has 2 bridgehead atoms. The van der Waals surface area contributed by atoms with Gasteiger partial charge in [0.25, 0.3) is 0 Å². The smallest absolute Gasteiger partial charge is 0.358 e. The van der Waals surface area contributed by atoms with Crippen LogP contribution in [0, 0.1) is 10.8 Å². The van der Waals surface area contributed by atoms with Crippen LogP contribution in [0.15, 0.2) is 6.07 Å². The standard InChI is InChI=1S/C18H23N3O5/c1-16(2)17(3)5-6-18(16,15(24)26-17)14(23)20-7-8-21-11(10-20)9-12(19-21)13(22)25-4/h9H,5-8,10H2,1-4H3/t17-,18+/m1/s1. The van der Waals surface area contributed by atoms with Crippen LogP contribution in [-0.4, -0.2) is 51.8 Å². The number of methoxy groups -OCH3 is 1. The highest BCUT2D eigenvalue weighted by molar-refractivity contribution is 6.06. The molecule has 8 heteroatoms. The zero-order valence-corrected chi connectivity index (χ0v) is 15.5. The van der Waals surface area contributed by atoms with Gasteiger partial charge in [-0.15, -0.1) is 0 Å². The van der Waals surface area contributed by atoms with Crippen LogP contribution >= 0.6 is 0 Å². The van der Waals surface area contributed by atoms with Crippen LogP contribution in [0.25, 0.3) is 0 Å². The summed E-state index contributed by atoms with van der Waals surface area (Å²) in [6, 6.07) is 1.64. The molecular weight excluding hydrogens is 338 g/mol. The quantitative estimate of drug-likeness (QED) is 0.579. The third kappa shape index (κ3) is 1.84. The van der Waals surface area contributed by atoms with Crippen molar-refractivity contribution in [2.75, 3.05) is 13.7 Å². The molecule has 1 aromatic heterocycles. The average Bonchev–Trinajstić information content (AvgIpc) is 3.16. The lowest BCUT2D eigenvalue weighted by Gasteiger charge is -2.39. The number of fused-ring (bicyclic) bond motifs is 3. The molecule has 140 valence electrons. The van der Waals surface area contributed by atoms with Crippen molar-refractivity contribution in [3.8, 4) is 0 Å². The average molecular weight is 361 g/mol. The minimum atomic E-state index is -1.13. The molecule has 1 aromatic rings. The van der Waals surface area contributed by atoms with Gasteiger partial charge in [-0.3, -0.25) is 14.3 Å². The summed E-state index contributed by atoms with van der Waals surface area (Å²) in [5, 5.41) is 4.23. The number of aromatic nitrogens is 2. The highest BCUT2D eigenvalue weighted by Crippen LogP contribution is 2.66. The number of hydrogen-bond acceptors (Lipinski definition) is 6. The van der Waals surface area contributed by atoms with E-state index >= 15 is 0 Å². The number of nitrogens with zero attached hydrogens (tertiary/aromatic N) is 3. The normalized spacial score (nSPS) is 31.5. The molecule has 3 heterocycles. The first-order valence-corrected chi connectivity index (χ1v) is 8.84. The monoisotopic (exact) mass is 361 g/mol. The molecule has 0 N–H and O–H groups in total. The van der Waals surface area contributed by atoms with Crippen LogP contribution in [0.4, 0.5) is 0 Å². The molecular formula is C18H23N3O5. The maximum atomic E-state index is 13.5. The van der Waals surface area contributed by atoms with Gasteiger partial charge in [0, 0.05) is 12.0 Å². The van der Waals surface area contributed by atoms with Gasteiger partial charge >= 0.3 is 11.9 Å². The van der Waals surface area contributed by atoms with Gasteiger partial charge in [-0.2, -0.15) is 5.10 Å². The Hall–Kier alpha value is -2.38. The molecule has 0 radical (unpaired) electrons. The summed E-state index contributed by atoms with van der Waals surface area (Å²) < 4.78 is 12.1. The molecule has 4 rings (SSSR count). The van der Waals surface area contributed by atoms with Gasteiger partial charge in [-0.25, -0.2) is 4.79 Å². The minimum Gasteiger partial charge on any atom is -0.464 e. The number of esters is 2. The van der Waals surface area contributed by atoms with Crippen molar-refractivity contribution < 1.29 is 23.9 Å². The van der Waals surface area contributed by atoms with Gasteiger partial charge in [-0.05, 0) is 25.8 Å². The molecule has 1 saturated carbocycles. The van der Waals surface area contributed by atoms with E-state index in [9.17, 15) is 14.4 Å². The first kappa shape index (κ1) is 17.1. The lowest BCUT2D eigenvalue weighted by atomic mass is 9.65. The Morgan fingerprint density at radius 1 is 1.23 bits per heavy atom. The molecule has 1 amide bonds. The summed E-state index contributed by atoms with van der Waals surface area (Å²) in [4.78, 5) is 39.5. The van der Waals surface area contributed by atoms with Gasteiger partial charge < -0.3 is 14.4 Å². The fourth-order valence-electron chi connectivity index (χ4n) is 4.71. The van der Waals surface area contributed by atoms with E-state index in [1.807, 2.05) is 20.8 Å². The molecule has 8 nitrogen and oxygen atoms in total.